The van der Waals surface area contributed by atoms with E-state index in [1.807, 2.05) is 6.92 Å². The molecule has 1 aromatic rings. The molecule has 1 aromatic carbocycles. The van der Waals surface area contributed by atoms with Crippen molar-refractivity contribution in [2.45, 2.75) is 50.9 Å². The standard InChI is InChI=1S/C20H28F3N3O.ClH/c1-14(16-6-8-17(9-7-16)20(21,22)23)26-11-3-4-15(13-26)12-25-19(27)18-5-2-10-24-18;/h6-9,14-15,18,24H,2-5,10-13H2,1H3,(H,25,27);1H. The summed E-state index contributed by atoms with van der Waals surface area (Å²) in [7, 11) is 0. The van der Waals surface area contributed by atoms with Gasteiger partial charge in [0.2, 0.25) is 5.91 Å². The van der Waals surface area contributed by atoms with Crippen molar-refractivity contribution < 1.29 is 18.0 Å². The third kappa shape index (κ3) is 5.84. The average Bonchev–Trinajstić information content (AvgIpc) is 3.20. The monoisotopic (exact) mass is 419 g/mol. The van der Waals surface area contributed by atoms with Crippen LogP contribution in [0.15, 0.2) is 24.3 Å². The Kier molecular flexibility index (Phi) is 8.16. The molecule has 0 bridgehead atoms. The Labute approximate surface area is 170 Å². The Bertz CT molecular complexity index is 633. The number of carbonyl (C=O) groups is 1. The molecule has 1 amide bonds. The second-order valence-electron chi connectivity index (χ2n) is 7.69. The van der Waals surface area contributed by atoms with Gasteiger partial charge in [0, 0.05) is 19.1 Å². The minimum Gasteiger partial charge on any atom is -0.354 e. The molecule has 3 unspecified atom stereocenters. The maximum absolute atomic E-state index is 12.7. The zero-order valence-electron chi connectivity index (χ0n) is 16.1. The fourth-order valence-corrected chi connectivity index (χ4v) is 4.05. The number of alkyl halides is 3. The van der Waals surface area contributed by atoms with Gasteiger partial charge in [0.1, 0.15) is 0 Å². The molecule has 0 saturated carbocycles. The molecule has 28 heavy (non-hydrogen) atoms. The van der Waals surface area contributed by atoms with Crippen LogP contribution >= 0.6 is 12.4 Å². The topological polar surface area (TPSA) is 44.4 Å². The van der Waals surface area contributed by atoms with Crippen LogP contribution in [-0.4, -0.2) is 43.0 Å². The number of rotatable bonds is 5. The van der Waals surface area contributed by atoms with Gasteiger partial charge in [-0.05, 0) is 69.3 Å². The Hall–Kier alpha value is -1.31. The molecule has 4 nitrogen and oxygen atoms in total. The quantitative estimate of drug-likeness (QED) is 0.763. The van der Waals surface area contributed by atoms with Gasteiger partial charge in [-0.2, -0.15) is 13.2 Å². The first-order chi connectivity index (χ1) is 12.8. The van der Waals surface area contributed by atoms with Gasteiger partial charge in [-0.3, -0.25) is 9.69 Å². The molecule has 2 saturated heterocycles. The molecule has 2 aliphatic heterocycles. The summed E-state index contributed by atoms with van der Waals surface area (Å²) in [5, 5.41) is 6.27. The van der Waals surface area contributed by atoms with Crippen molar-refractivity contribution in [2.75, 3.05) is 26.2 Å². The lowest BCUT2D eigenvalue weighted by Gasteiger charge is -2.37. The number of piperidine rings is 1. The van der Waals surface area contributed by atoms with Gasteiger partial charge in [0.15, 0.2) is 0 Å². The molecule has 0 spiro atoms. The summed E-state index contributed by atoms with van der Waals surface area (Å²) in [5.74, 6) is 0.460. The third-order valence-corrected chi connectivity index (χ3v) is 5.76. The summed E-state index contributed by atoms with van der Waals surface area (Å²) in [5.41, 5.74) is 0.279. The second-order valence-corrected chi connectivity index (χ2v) is 7.69. The first-order valence-corrected chi connectivity index (χ1v) is 9.77. The first kappa shape index (κ1) is 23.0. The summed E-state index contributed by atoms with van der Waals surface area (Å²) in [6.07, 6.45) is -0.264. The van der Waals surface area contributed by atoms with Gasteiger partial charge in [-0.25, -0.2) is 0 Å². The van der Waals surface area contributed by atoms with Crippen LogP contribution in [0, 0.1) is 5.92 Å². The maximum Gasteiger partial charge on any atom is 0.416 e. The number of nitrogens with one attached hydrogen (secondary N) is 2. The van der Waals surface area contributed by atoms with E-state index < -0.39 is 11.7 Å². The van der Waals surface area contributed by atoms with E-state index in [9.17, 15) is 18.0 Å². The van der Waals surface area contributed by atoms with Crippen molar-refractivity contribution in [3.63, 3.8) is 0 Å². The van der Waals surface area contributed by atoms with Crippen molar-refractivity contribution in [3.05, 3.63) is 35.4 Å². The predicted octanol–water partition coefficient (Wildman–Crippen LogP) is 3.77. The van der Waals surface area contributed by atoms with E-state index in [0.29, 0.717) is 12.5 Å². The van der Waals surface area contributed by atoms with Crippen LogP contribution in [0.3, 0.4) is 0 Å². The normalized spacial score (nSPS) is 24.4. The van der Waals surface area contributed by atoms with E-state index in [0.717, 1.165) is 63.0 Å². The highest BCUT2D eigenvalue weighted by Gasteiger charge is 2.31. The Morgan fingerprint density at radius 2 is 1.96 bits per heavy atom. The van der Waals surface area contributed by atoms with E-state index in [1.54, 1.807) is 12.1 Å². The molecule has 3 rings (SSSR count). The smallest absolute Gasteiger partial charge is 0.354 e. The number of benzene rings is 1. The predicted molar refractivity (Wildman–Crippen MR) is 105 cm³/mol. The van der Waals surface area contributed by atoms with Crippen LogP contribution in [0.2, 0.25) is 0 Å². The average molecular weight is 420 g/mol. The van der Waals surface area contributed by atoms with E-state index in [1.165, 1.54) is 0 Å². The summed E-state index contributed by atoms with van der Waals surface area (Å²) in [4.78, 5) is 14.5. The molecular formula is C20H29ClF3N3O. The molecule has 2 fully saturated rings. The van der Waals surface area contributed by atoms with Gasteiger partial charge >= 0.3 is 6.18 Å². The Morgan fingerprint density at radius 1 is 1.25 bits per heavy atom. The van der Waals surface area contributed by atoms with Crippen LogP contribution in [-0.2, 0) is 11.0 Å². The first-order valence-electron chi connectivity index (χ1n) is 9.77. The number of halogens is 4. The number of carbonyl (C=O) groups excluding carboxylic acids is 1. The molecule has 0 aromatic heterocycles. The SMILES string of the molecule is CC(c1ccc(C(F)(F)F)cc1)N1CCCC(CNC(=O)C2CCCN2)C1.Cl. The minimum atomic E-state index is -4.30. The highest BCUT2D eigenvalue weighted by atomic mass is 35.5. The highest BCUT2D eigenvalue weighted by molar-refractivity contribution is 5.85. The minimum absolute atomic E-state index is 0. The van der Waals surface area contributed by atoms with Crippen molar-refractivity contribution in [1.29, 1.82) is 0 Å². The van der Waals surface area contributed by atoms with Gasteiger partial charge < -0.3 is 10.6 Å². The Morgan fingerprint density at radius 3 is 2.57 bits per heavy atom. The van der Waals surface area contributed by atoms with E-state index in [-0.39, 0.29) is 30.4 Å². The zero-order chi connectivity index (χ0) is 19.4. The van der Waals surface area contributed by atoms with Crippen LogP contribution in [0.25, 0.3) is 0 Å². The van der Waals surface area contributed by atoms with E-state index >= 15 is 0 Å². The molecule has 0 radical (unpaired) electrons. The third-order valence-electron chi connectivity index (χ3n) is 5.76. The molecule has 2 N–H and O–H groups in total. The number of likely N-dealkylation sites (tertiary alicyclic amines) is 1. The zero-order valence-corrected chi connectivity index (χ0v) is 16.9. The van der Waals surface area contributed by atoms with Gasteiger partial charge in [0.05, 0.1) is 11.6 Å². The summed E-state index contributed by atoms with van der Waals surface area (Å²) in [6, 6.07) is 5.46. The number of amides is 1. The fraction of sp³-hybridized carbons (Fsp3) is 0.650. The largest absolute Gasteiger partial charge is 0.416 e. The van der Waals surface area contributed by atoms with Crippen molar-refractivity contribution in [2.24, 2.45) is 5.92 Å². The molecular weight excluding hydrogens is 391 g/mol. The van der Waals surface area contributed by atoms with Gasteiger partial charge in [0.25, 0.3) is 0 Å². The molecule has 2 aliphatic rings. The van der Waals surface area contributed by atoms with E-state index in [4.69, 9.17) is 0 Å². The fourth-order valence-electron chi connectivity index (χ4n) is 4.05. The lowest BCUT2D eigenvalue weighted by Crippen LogP contribution is -2.45. The Balaban J connectivity index is 0.00000280. The van der Waals surface area contributed by atoms with Gasteiger partial charge in [-0.15, -0.1) is 12.4 Å². The summed E-state index contributed by atoms with van der Waals surface area (Å²) >= 11 is 0. The van der Waals surface area contributed by atoms with Crippen molar-refractivity contribution in [3.8, 4) is 0 Å². The van der Waals surface area contributed by atoms with E-state index in [2.05, 4.69) is 15.5 Å². The lowest BCUT2D eigenvalue weighted by atomic mass is 9.94. The maximum atomic E-state index is 12.7. The molecule has 8 heteroatoms. The molecule has 0 aliphatic carbocycles. The van der Waals surface area contributed by atoms with Crippen LogP contribution in [0.5, 0.6) is 0 Å². The van der Waals surface area contributed by atoms with Crippen molar-refractivity contribution >= 4 is 18.3 Å². The summed E-state index contributed by atoms with van der Waals surface area (Å²) in [6.45, 7) is 5.37. The highest BCUT2D eigenvalue weighted by Crippen LogP contribution is 2.31. The van der Waals surface area contributed by atoms with Crippen LogP contribution < -0.4 is 10.6 Å². The molecule has 2 heterocycles. The van der Waals surface area contributed by atoms with Gasteiger partial charge in [-0.1, -0.05) is 12.1 Å². The number of nitrogens with zero attached hydrogens (tertiary/aromatic N) is 1. The summed E-state index contributed by atoms with van der Waals surface area (Å²) < 4.78 is 38.2. The number of hydrogen-bond acceptors (Lipinski definition) is 3. The van der Waals surface area contributed by atoms with Crippen LogP contribution in [0.4, 0.5) is 13.2 Å². The van der Waals surface area contributed by atoms with Crippen LogP contribution in [0.1, 0.15) is 49.8 Å². The molecule has 3 atom stereocenters. The second kappa shape index (κ2) is 9.94. The number of hydrogen-bond donors (Lipinski definition) is 2. The lowest BCUT2D eigenvalue weighted by molar-refractivity contribution is -0.137. The molecule has 158 valence electrons. The van der Waals surface area contributed by atoms with Crippen molar-refractivity contribution in [1.82, 2.24) is 15.5 Å².